The average molecular weight is 277 g/mol. The zero-order chi connectivity index (χ0) is 14.0. The van der Waals surface area contributed by atoms with Crippen LogP contribution in [0.25, 0.3) is 5.69 Å². The van der Waals surface area contributed by atoms with Crippen molar-refractivity contribution in [3.8, 4) is 11.4 Å². The molecule has 0 unspecified atom stereocenters. The summed E-state index contributed by atoms with van der Waals surface area (Å²) in [7, 11) is 0. The predicted molar refractivity (Wildman–Crippen MR) is 81.0 cm³/mol. The van der Waals surface area contributed by atoms with E-state index in [1.165, 1.54) is 0 Å². The van der Waals surface area contributed by atoms with Crippen LogP contribution in [0.5, 0.6) is 5.75 Å². The Kier molecular flexibility index (Phi) is 3.75. The van der Waals surface area contributed by atoms with E-state index < -0.39 is 0 Å². The molecule has 1 aromatic carbocycles. The molecule has 0 atom stereocenters. The van der Waals surface area contributed by atoms with E-state index in [1.807, 2.05) is 12.1 Å². The maximum atomic E-state index is 9.53. The van der Waals surface area contributed by atoms with Gasteiger partial charge in [-0.15, -0.1) is 0 Å². The van der Waals surface area contributed by atoms with Crippen molar-refractivity contribution >= 4 is 17.6 Å². The van der Waals surface area contributed by atoms with Gasteiger partial charge in [-0.1, -0.05) is 19.9 Å². The fourth-order valence-electron chi connectivity index (χ4n) is 1.99. The van der Waals surface area contributed by atoms with Gasteiger partial charge in [0.15, 0.2) is 0 Å². The molecule has 0 fully saturated rings. The molecule has 1 aromatic heterocycles. The number of phenols is 1. The summed E-state index contributed by atoms with van der Waals surface area (Å²) in [6.45, 7) is 4.30. The molecular weight excluding hydrogens is 258 g/mol. The molecule has 1 heterocycles. The molecule has 2 aromatic rings. The molecule has 2 rings (SSSR count). The van der Waals surface area contributed by atoms with Crippen LogP contribution < -0.4 is 5.73 Å². The van der Waals surface area contributed by atoms with Gasteiger partial charge in [0.05, 0.1) is 11.4 Å². The number of nitrogen functional groups attached to an aromatic ring is 1. The van der Waals surface area contributed by atoms with Crippen LogP contribution in [-0.4, -0.2) is 26.9 Å². The lowest BCUT2D eigenvalue weighted by Gasteiger charge is -2.20. The van der Waals surface area contributed by atoms with E-state index in [0.29, 0.717) is 5.82 Å². The van der Waals surface area contributed by atoms with Crippen molar-refractivity contribution in [1.82, 2.24) is 9.78 Å². The number of hydrogen-bond acceptors (Lipinski definition) is 4. The van der Waals surface area contributed by atoms with Crippen LogP contribution in [0.2, 0.25) is 0 Å². The van der Waals surface area contributed by atoms with Gasteiger partial charge >= 0.3 is 0 Å². The summed E-state index contributed by atoms with van der Waals surface area (Å²) < 4.78 is 1.66. The summed E-state index contributed by atoms with van der Waals surface area (Å²) in [4.78, 5) is 0. The lowest BCUT2D eigenvalue weighted by molar-refractivity contribution is 0.474. The fraction of sp³-hybridized carbons (Fsp3) is 0.357. The Morgan fingerprint density at radius 1 is 1.37 bits per heavy atom. The van der Waals surface area contributed by atoms with Gasteiger partial charge in [-0.25, -0.2) is 4.68 Å². The van der Waals surface area contributed by atoms with Crippen molar-refractivity contribution in [1.29, 1.82) is 0 Å². The molecule has 0 saturated carbocycles. The monoisotopic (exact) mass is 277 g/mol. The number of anilines is 1. The number of thioether (sulfide) groups is 1. The quantitative estimate of drug-likeness (QED) is 0.902. The van der Waals surface area contributed by atoms with Crippen molar-refractivity contribution in [3.63, 3.8) is 0 Å². The number of hydrogen-bond donors (Lipinski definition) is 2. The van der Waals surface area contributed by atoms with Crippen LogP contribution in [0.4, 0.5) is 5.82 Å². The number of aromatic nitrogens is 2. The van der Waals surface area contributed by atoms with Crippen LogP contribution >= 0.6 is 11.8 Å². The lowest BCUT2D eigenvalue weighted by Crippen LogP contribution is -2.21. The second kappa shape index (κ2) is 5.17. The third-order valence-electron chi connectivity index (χ3n) is 3.01. The van der Waals surface area contributed by atoms with E-state index in [1.54, 1.807) is 34.6 Å². The number of benzene rings is 1. The normalized spacial score (nSPS) is 11.7. The maximum absolute atomic E-state index is 9.53. The molecule has 0 spiro atoms. The van der Waals surface area contributed by atoms with Gasteiger partial charge in [-0.3, -0.25) is 0 Å². The van der Waals surface area contributed by atoms with E-state index in [0.717, 1.165) is 17.1 Å². The second-order valence-electron chi connectivity index (χ2n) is 5.20. The highest BCUT2D eigenvalue weighted by Gasteiger charge is 2.24. The van der Waals surface area contributed by atoms with Gasteiger partial charge in [0, 0.05) is 23.3 Å². The fourth-order valence-corrected chi connectivity index (χ4v) is 2.86. The van der Waals surface area contributed by atoms with Crippen molar-refractivity contribution in [2.45, 2.75) is 19.3 Å². The summed E-state index contributed by atoms with van der Waals surface area (Å²) in [5.74, 6) is 1.76. The Labute approximate surface area is 117 Å². The topological polar surface area (TPSA) is 64.1 Å². The van der Waals surface area contributed by atoms with Gasteiger partial charge < -0.3 is 10.8 Å². The van der Waals surface area contributed by atoms with Gasteiger partial charge in [0.1, 0.15) is 11.6 Å². The van der Waals surface area contributed by atoms with E-state index in [9.17, 15) is 5.11 Å². The van der Waals surface area contributed by atoms with Crippen molar-refractivity contribution in [2.24, 2.45) is 0 Å². The van der Waals surface area contributed by atoms with E-state index in [2.05, 4.69) is 25.2 Å². The molecule has 0 amide bonds. The molecular formula is C14H19N3OS. The Morgan fingerprint density at radius 3 is 2.74 bits per heavy atom. The van der Waals surface area contributed by atoms with Crippen LogP contribution in [0.1, 0.15) is 19.5 Å². The summed E-state index contributed by atoms with van der Waals surface area (Å²) >= 11 is 1.79. The summed E-state index contributed by atoms with van der Waals surface area (Å²) in [6, 6.07) is 8.82. The summed E-state index contributed by atoms with van der Waals surface area (Å²) in [5, 5.41) is 14.1. The minimum Gasteiger partial charge on any atom is -0.508 e. The zero-order valence-electron chi connectivity index (χ0n) is 11.4. The Hall–Kier alpha value is -1.62. The summed E-state index contributed by atoms with van der Waals surface area (Å²) in [6.07, 6.45) is 2.08. The number of rotatable bonds is 4. The van der Waals surface area contributed by atoms with Crippen LogP contribution in [0.3, 0.4) is 0 Å². The minimum absolute atomic E-state index is 0.0321. The first-order chi connectivity index (χ1) is 8.94. The third-order valence-corrected chi connectivity index (χ3v) is 4.02. The molecule has 0 radical (unpaired) electrons. The molecule has 0 aliphatic carbocycles. The molecule has 19 heavy (non-hydrogen) atoms. The smallest absolute Gasteiger partial charge is 0.127 e. The Morgan fingerprint density at radius 2 is 2.11 bits per heavy atom. The molecule has 4 nitrogen and oxygen atoms in total. The predicted octanol–water partition coefficient (Wildman–Crippen LogP) is 2.80. The van der Waals surface area contributed by atoms with Crippen LogP contribution in [0, 0.1) is 0 Å². The number of nitrogens with two attached hydrogens (primary N) is 1. The number of nitrogens with zero attached hydrogens (tertiary/aromatic N) is 2. The standard InChI is InChI=1S/C14H19N3OS/c1-14(2,9-19-3)12-8-13(15)17(16-12)10-5-4-6-11(18)7-10/h4-8,18H,9,15H2,1-3H3. The Bertz CT molecular complexity index is 578. The highest BCUT2D eigenvalue weighted by atomic mass is 32.2. The van der Waals surface area contributed by atoms with Crippen molar-refractivity contribution < 1.29 is 5.11 Å². The molecule has 0 aliphatic heterocycles. The summed E-state index contributed by atoms with van der Waals surface area (Å²) in [5.41, 5.74) is 7.72. The number of aromatic hydroxyl groups is 1. The van der Waals surface area contributed by atoms with Crippen LogP contribution in [0.15, 0.2) is 30.3 Å². The molecule has 0 bridgehead atoms. The highest BCUT2D eigenvalue weighted by Crippen LogP contribution is 2.28. The minimum atomic E-state index is -0.0321. The van der Waals surface area contributed by atoms with E-state index in [4.69, 9.17) is 5.73 Å². The first-order valence-electron chi connectivity index (χ1n) is 6.08. The lowest BCUT2D eigenvalue weighted by atomic mass is 9.92. The van der Waals surface area contributed by atoms with Gasteiger partial charge in [-0.05, 0) is 18.4 Å². The first kappa shape index (κ1) is 13.8. The van der Waals surface area contributed by atoms with E-state index >= 15 is 0 Å². The average Bonchev–Trinajstić information content (AvgIpc) is 2.72. The zero-order valence-corrected chi connectivity index (χ0v) is 12.2. The molecule has 0 aliphatic rings. The number of phenolic OH excluding ortho intramolecular Hbond substituents is 1. The second-order valence-corrected chi connectivity index (χ2v) is 6.07. The molecule has 3 N–H and O–H groups in total. The first-order valence-corrected chi connectivity index (χ1v) is 7.48. The maximum Gasteiger partial charge on any atom is 0.127 e. The van der Waals surface area contributed by atoms with Crippen molar-refractivity contribution in [3.05, 3.63) is 36.0 Å². The van der Waals surface area contributed by atoms with Crippen LogP contribution in [-0.2, 0) is 5.41 Å². The van der Waals surface area contributed by atoms with E-state index in [-0.39, 0.29) is 11.2 Å². The SMILES string of the molecule is CSCC(C)(C)c1cc(N)n(-c2cccc(O)c2)n1. The largest absolute Gasteiger partial charge is 0.508 e. The highest BCUT2D eigenvalue weighted by molar-refractivity contribution is 7.98. The molecule has 102 valence electrons. The molecule has 0 saturated heterocycles. The van der Waals surface area contributed by atoms with Crippen molar-refractivity contribution in [2.75, 3.05) is 17.7 Å². The van der Waals surface area contributed by atoms with Gasteiger partial charge in [0.25, 0.3) is 0 Å². The van der Waals surface area contributed by atoms with Gasteiger partial charge in [-0.2, -0.15) is 16.9 Å². The Balaban J connectivity index is 2.42. The molecule has 5 heteroatoms. The third kappa shape index (κ3) is 2.87. The van der Waals surface area contributed by atoms with Gasteiger partial charge in [0.2, 0.25) is 0 Å².